The van der Waals surface area contributed by atoms with Crippen LogP contribution in [0.5, 0.6) is 0 Å². The zero-order valence-corrected chi connectivity index (χ0v) is 11.8. The van der Waals surface area contributed by atoms with Gasteiger partial charge in [0.25, 0.3) is 0 Å². The molecule has 0 bridgehead atoms. The fraction of sp³-hybridized carbons (Fsp3) is 0.833. The minimum atomic E-state index is -1.04. The Labute approximate surface area is 113 Å². The fourth-order valence-electron chi connectivity index (χ4n) is 1.42. The summed E-state index contributed by atoms with van der Waals surface area (Å²) in [7, 11) is 1.56. The number of carboxylic acid groups (broad SMARTS) is 1. The Hall–Kier alpha value is -1.34. The van der Waals surface area contributed by atoms with Crippen molar-refractivity contribution < 1.29 is 24.5 Å². The van der Waals surface area contributed by atoms with E-state index in [1.807, 2.05) is 13.8 Å². The Kier molecular flexibility index (Phi) is 8.90. The largest absolute Gasteiger partial charge is 0.480 e. The van der Waals surface area contributed by atoms with Crippen molar-refractivity contribution in [2.45, 2.75) is 26.3 Å². The molecule has 1 atom stereocenters. The zero-order valence-electron chi connectivity index (χ0n) is 11.8. The molecule has 0 saturated carbocycles. The van der Waals surface area contributed by atoms with E-state index in [9.17, 15) is 9.59 Å². The molecule has 7 nitrogen and oxygen atoms in total. The number of aliphatic carboxylic acids is 1. The van der Waals surface area contributed by atoms with Crippen LogP contribution in [0.4, 0.5) is 4.79 Å². The summed E-state index contributed by atoms with van der Waals surface area (Å²) in [5, 5.41) is 20.0. The van der Waals surface area contributed by atoms with Gasteiger partial charge in [-0.05, 0) is 12.3 Å². The molecule has 2 amide bonds. The van der Waals surface area contributed by atoms with Gasteiger partial charge in [0.15, 0.2) is 0 Å². The highest BCUT2D eigenvalue weighted by molar-refractivity contribution is 5.82. The number of amides is 2. The summed E-state index contributed by atoms with van der Waals surface area (Å²) >= 11 is 0. The van der Waals surface area contributed by atoms with Gasteiger partial charge in [-0.25, -0.2) is 9.59 Å². The Morgan fingerprint density at radius 2 is 1.95 bits per heavy atom. The van der Waals surface area contributed by atoms with E-state index in [0.29, 0.717) is 19.6 Å². The van der Waals surface area contributed by atoms with E-state index in [4.69, 9.17) is 14.9 Å². The van der Waals surface area contributed by atoms with Crippen molar-refractivity contribution >= 4 is 12.0 Å². The van der Waals surface area contributed by atoms with E-state index in [-0.39, 0.29) is 19.1 Å². The van der Waals surface area contributed by atoms with Crippen molar-refractivity contribution in [3.63, 3.8) is 0 Å². The third-order valence-corrected chi connectivity index (χ3v) is 2.46. The molecular weight excluding hydrogens is 252 g/mol. The number of aliphatic hydroxyl groups excluding tert-OH is 1. The summed E-state index contributed by atoms with van der Waals surface area (Å²) in [6, 6.07) is -1.33. The minimum Gasteiger partial charge on any atom is -0.480 e. The van der Waals surface area contributed by atoms with Gasteiger partial charge in [-0.1, -0.05) is 13.8 Å². The van der Waals surface area contributed by atoms with Crippen LogP contribution in [-0.4, -0.2) is 66.6 Å². The van der Waals surface area contributed by atoms with Crippen molar-refractivity contribution in [1.29, 1.82) is 0 Å². The number of carboxylic acids is 1. The van der Waals surface area contributed by atoms with Gasteiger partial charge in [-0.3, -0.25) is 0 Å². The molecule has 0 rings (SSSR count). The Morgan fingerprint density at radius 3 is 2.42 bits per heavy atom. The molecule has 0 aliphatic carbocycles. The molecule has 7 heteroatoms. The standard InChI is InChI=1S/C12H24N2O5/c1-9(2)8-10(11(16)17)13-12(18)14(3)4-6-19-7-5-15/h9-10,15H,4-8H2,1-3H3,(H,13,18)(H,16,17). The third kappa shape index (κ3) is 8.39. The van der Waals surface area contributed by atoms with Crippen molar-refractivity contribution in [3.05, 3.63) is 0 Å². The number of likely N-dealkylation sites (N-methyl/N-ethyl adjacent to an activating group) is 1. The van der Waals surface area contributed by atoms with Crippen molar-refractivity contribution in [2.24, 2.45) is 5.92 Å². The van der Waals surface area contributed by atoms with Gasteiger partial charge < -0.3 is 25.2 Å². The predicted molar refractivity (Wildman–Crippen MR) is 69.9 cm³/mol. The molecule has 3 N–H and O–H groups in total. The van der Waals surface area contributed by atoms with Crippen LogP contribution in [0.2, 0.25) is 0 Å². The average molecular weight is 276 g/mol. The van der Waals surface area contributed by atoms with Crippen molar-refractivity contribution in [1.82, 2.24) is 10.2 Å². The first-order valence-electron chi connectivity index (χ1n) is 6.31. The monoisotopic (exact) mass is 276 g/mol. The maximum atomic E-state index is 11.7. The molecule has 0 spiro atoms. The first kappa shape index (κ1) is 17.7. The molecular formula is C12H24N2O5. The molecule has 0 saturated heterocycles. The maximum absolute atomic E-state index is 11.7. The Morgan fingerprint density at radius 1 is 1.32 bits per heavy atom. The first-order valence-corrected chi connectivity index (χ1v) is 6.31. The van der Waals surface area contributed by atoms with Crippen LogP contribution in [0, 0.1) is 5.92 Å². The predicted octanol–water partition coefficient (Wildman–Crippen LogP) is 0.136. The number of carbonyl (C=O) groups is 2. The number of hydrogen-bond acceptors (Lipinski definition) is 4. The van der Waals surface area contributed by atoms with Gasteiger partial charge in [0.1, 0.15) is 6.04 Å². The lowest BCUT2D eigenvalue weighted by molar-refractivity contribution is -0.139. The second kappa shape index (κ2) is 9.57. The van der Waals surface area contributed by atoms with E-state index in [0.717, 1.165) is 0 Å². The molecule has 0 heterocycles. The summed E-state index contributed by atoms with van der Waals surface area (Å²) in [4.78, 5) is 24.1. The molecule has 1 unspecified atom stereocenters. The number of hydrogen-bond donors (Lipinski definition) is 3. The van der Waals surface area contributed by atoms with Gasteiger partial charge in [0.2, 0.25) is 0 Å². The number of aliphatic hydroxyl groups is 1. The van der Waals surface area contributed by atoms with E-state index in [1.54, 1.807) is 7.05 Å². The number of nitrogens with zero attached hydrogens (tertiary/aromatic N) is 1. The van der Waals surface area contributed by atoms with Gasteiger partial charge in [0, 0.05) is 13.6 Å². The Balaban J connectivity index is 4.12. The quantitative estimate of drug-likeness (QED) is 0.520. The van der Waals surface area contributed by atoms with Crippen LogP contribution in [0.15, 0.2) is 0 Å². The lowest BCUT2D eigenvalue weighted by Crippen LogP contribution is -2.47. The van der Waals surface area contributed by atoms with E-state index in [2.05, 4.69) is 5.32 Å². The molecule has 0 aromatic heterocycles. The van der Waals surface area contributed by atoms with E-state index in [1.165, 1.54) is 4.90 Å². The fourth-order valence-corrected chi connectivity index (χ4v) is 1.42. The summed E-state index contributed by atoms with van der Waals surface area (Å²) in [5.74, 6) is -0.855. The normalized spacial score (nSPS) is 12.3. The highest BCUT2D eigenvalue weighted by Gasteiger charge is 2.22. The SMILES string of the molecule is CC(C)CC(NC(=O)N(C)CCOCCO)C(=O)O. The molecule has 0 aliphatic heterocycles. The third-order valence-electron chi connectivity index (χ3n) is 2.46. The second-order valence-corrected chi connectivity index (χ2v) is 4.73. The number of ether oxygens (including phenoxy) is 1. The number of rotatable bonds is 9. The number of carbonyl (C=O) groups excluding carboxylic acids is 1. The van der Waals surface area contributed by atoms with Crippen LogP contribution >= 0.6 is 0 Å². The van der Waals surface area contributed by atoms with Gasteiger partial charge in [-0.15, -0.1) is 0 Å². The topological polar surface area (TPSA) is 99.1 Å². The van der Waals surface area contributed by atoms with Gasteiger partial charge >= 0.3 is 12.0 Å². The lowest BCUT2D eigenvalue weighted by Gasteiger charge is -2.22. The van der Waals surface area contributed by atoms with Crippen LogP contribution in [-0.2, 0) is 9.53 Å². The molecule has 0 aliphatic rings. The van der Waals surface area contributed by atoms with Crippen molar-refractivity contribution in [3.8, 4) is 0 Å². The molecule has 19 heavy (non-hydrogen) atoms. The minimum absolute atomic E-state index is 0.0641. The summed E-state index contributed by atoms with van der Waals surface area (Å²) < 4.78 is 5.03. The van der Waals surface area contributed by atoms with Gasteiger partial charge in [-0.2, -0.15) is 0 Å². The lowest BCUT2D eigenvalue weighted by atomic mass is 10.0. The van der Waals surface area contributed by atoms with Crippen LogP contribution in [0.1, 0.15) is 20.3 Å². The highest BCUT2D eigenvalue weighted by Crippen LogP contribution is 2.05. The Bertz CT molecular complexity index is 283. The summed E-state index contributed by atoms with van der Waals surface area (Å²) in [6.07, 6.45) is 0.385. The van der Waals surface area contributed by atoms with Crippen LogP contribution in [0.25, 0.3) is 0 Å². The summed E-state index contributed by atoms with van der Waals surface area (Å²) in [6.45, 7) is 4.58. The van der Waals surface area contributed by atoms with Crippen LogP contribution < -0.4 is 5.32 Å². The number of nitrogens with one attached hydrogen (secondary N) is 1. The summed E-state index contributed by atoms with van der Waals surface area (Å²) in [5.41, 5.74) is 0. The second-order valence-electron chi connectivity index (χ2n) is 4.73. The van der Waals surface area contributed by atoms with Crippen molar-refractivity contribution in [2.75, 3.05) is 33.4 Å². The molecule has 0 fully saturated rings. The average Bonchev–Trinajstić information content (AvgIpc) is 2.32. The smallest absolute Gasteiger partial charge is 0.326 e. The first-order chi connectivity index (χ1) is 8.88. The molecule has 0 aromatic rings. The zero-order chi connectivity index (χ0) is 14.8. The van der Waals surface area contributed by atoms with Gasteiger partial charge in [0.05, 0.1) is 19.8 Å². The molecule has 0 radical (unpaired) electrons. The highest BCUT2D eigenvalue weighted by atomic mass is 16.5. The van der Waals surface area contributed by atoms with Crippen LogP contribution in [0.3, 0.4) is 0 Å². The maximum Gasteiger partial charge on any atom is 0.326 e. The molecule has 0 aromatic carbocycles. The van der Waals surface area contributed by atoms with E-state index < -0.39 is 18.0 Å². The number of urea groups is 1. The van der Waals surface area contributed by atoms with E-state index >= 15 is 0 Å². The molecule has 112 valence electrons.